The van der Waals surface area contributed by atoms with Crippen molar-refractivity contribution in [2.45, 2.75) is 6.42 Å². The standard InChI is InChI=1S/C19H23N7O/c1-23-16(4-5-20)13-2-3-15(21)14(10-13)19(22)17-11-18(25-12-24-17)26-6-8-27-9-7-26/h2-3,5,10-12,20,22H,4,6-9,21H2,1H3. The molecule has 0 amide bonds. The number of benzene rings is 1. The van der Waals surface area contributed by atoms with Gasteiger partial charge in [-0.05, 0) is 17.7 Å². The third-order valence-corrected chi connectivity index (χ3v) is 4.47. The minimum atomic E-state index is 0.233. The number of nitrogens with one attached hydrogen (secondary N) is 2. The second-order valence-corrected chi connectivity index (χ2v) is 6.12. The Kier molecular flexibility index (Phi) is 5.87. The Labute approximate surface area is 158 Å². The van der Waals surface area contributed by atoms with Crippen molar-refractivity contribution in [3.63, 3.8) is 0 Å². The first kappa shape index (κ1) is 18.7. The number of hydrogen-bond donors (Lipinski definition) is 3. The molecule has 0 spiro atoms. The quantitative estimate of drug-likeness (QED) is 0.531. The highest BCUT2D eigenvalue weighted by Gasteiger charge is 2.17. The molecule has 8 heteroatoms. The van der Waals surface area contributed by atoms with Gasteiger partial charge in [-0.15, -0.1) is 0 Å². The van der Waals surface area contributed by atoms with E-state index in [1.807, 2.05) is 18.2 Å². The van der Waals surface area contributed by atoms with Crippen LogP contribution in [0.4, 0.5) is 11.5 Å². The SMILES string of the molecule is CN=C(CC=N)c1ccc(N)c(C(=N)c2cc(N3CCOCC3)ncn2)c1. The number of aromatic nitrogens is 2. The van der Waals surface area contributed by atoms with Gasteiger partial charge in [0.1, 0.15) is 12.1 Å². The minimum absolute atomic E-state index is 0.233. The highest BCUT2D eigenvalue weighted by molar-refractivity contribution is 6.15. The van der Waals surface area contributed by atoms with Gasteiger partial charge in [-0.1, -0.05) is 6.07 Å². The van der Waals surface area contributed by atoms with Crippen LogP contribution in [0.15, 0.2) is 35.6 Å². The number of nitrogens with zero attached hydrogens (tertiary/aromatic N) is 4. The van der Waals surface area contributed by atoms with Crippen LogP contribution in [0.25, 0.3) is 0 Å². The number of anilines is 2. The van der Waals surface area contributed by atoms with Gasteiger partial charge in [0.25, 0.3) is 0 Å². The molecule has 2 aromatic rings. The van der Waals surface area contributed by atoms with Gasteiger partial charge >= 0.3 is 0 Å². The van der Waals surface area contributed by atoms with Gasteiger partial charge in [-0.2, -0.15) is 0 Å². The number of hydrogen-bond acceptors (Lipinski definition) is 8. The molecule has 1 aromatic heterocycles. The summed E-state index contributed by atoms with van der Waals surface area (Å²) < 4.78 is 5.38. The van der Waals surface area contributed by atoms with Crippen LogP contribution < -0.4 is 10.6 Å². The molecular weight excluding hydrogens is 342 g/mol. The van der Waals surface area contributed by atoms with E-state index in [0.29, 0.717) is 36.6 Å². The van der Waals surface area contributed by atoms with Crippen molar-refractivity contribution in [3.8, 4) is 0 Å². The summed E-state index contributed by atoms with van der Waals surface area (Å²) in [6.45, 7) is 2.86. The van der Waals surface area contributed by atoms with E-state index in [4.69, 9.17) is 21.3 Å². The average molecular weight is 365 g/mol. The zero-order valence-corrected chi connectivity index (χ0v) is 15.3. The second kappa shape index (κ2) is 8.50. The van der Waals surface area contributed by atoms with Gasteiger partial charge in [0.2, 0.25) is 0 Å². The predicted octanol–water partition coefficient (Wildman–Crippen LogP) is 1.77. The number of nitrogens with two attached hydrogens (primary N) is 1. The van der Waals surface area contributed by atoms with Crippen molar-refractivity contribution < 1.29 is 4.74 Å². The van der Waals surface area contributed by atoms with Crippen LogP contribution in [0, 0.1) is 10.8 Å². The first-order chi connectivity index (χ1) is 13.1. The lowest BCUT2D eigenvalue weighted by atomic mass is 9.99. The van der Waals surface area contributed by atoms with E-state index in [9.17, 15) is 0 Å². The number of rotatable bonds is 6. The lowest BCUT2D eigenvalue weighted by molar-refractivity contribution is 0.122. The number of ether oxygens (including phenoxy) is 1. The van der Waals surface area contributed by atoms with Crippen LogP contribution >= 0.6 is 0 Å². The molecule has 0 unspecified atom stereocenters. The molecule has 0 atom stereocenters. The molecule has 0 radical (unpaired) electrons. The van der Waals surface area contributed by atoms with Gasteiger partial charge < -0.3 is 20.8 Å². The lowest BCUT2D eigenvalue weighted by Gasteiger charge is -2.27. The molecule has 4 N–H and O–H groups in total. The molecule has 1 saturated heterocycles. The zero-order valence-electron chi connectivity index (χ0n) is 15.3. The normalized spacial score (nSPS) is 14.9. The smallest absolute Gasteiger partial charge is 0.132 e. The summed E-state index contributed by atoms with van der Waals surface area (Å²) in [4.78, 5) is 15.0. The van der Waals surface area contributed by atoms with E-state index in [0.717, 1.165) is 30.2 Å². The first-order valence-corrected chi connectivity index (χ1v) is 8.72. The summed E-state index contributed by atoms with van der Waals surface area (Å²) >= 11 is 0. The van der Waals surface area contributed by atoms with Crippen molar-refractivity contribution >= 4 is 29.1 Å². The monoisotopic (exact) mass is 365 g/mol. The number of morpholine rings is 1. The first-order valence-electron chi connectivity index (χ1n) is 8.72. The maximum Gasteiger partial charge on any atom is 0.132 e. The van der Waals surface area contributed by atoms with Crippen LogP contribution in [0.2, 0.25) is 0 Å². The largest absolute Gasteiger partial charge is 0.398 e. The predicted molar refractivity (Wildman–Crippen MR) is 108 cm³/mol. The Hall–Kier alpha value is -3.13. The van der Waals surface area contributed by atoms with Gasteiger partial charge in [0.05, 0.1) is 24.6 Å². The van der Waals surface area contributed by atoms with E-state index in [2.05, 4.69) is 19.9 Å². The molecule has 140 valence electrons. The van der Waals surface area contributed by atoms with Crippen LogP contribution in [0.3, 0.4) is 0 Å². The van der Waals surface area contributed by atoms with E-state index >= 15 is 0 Å². The molecule has 1 aliphatic rings. The molecule has 0 aliphatic carbocycles. The van der Waals surface area contributed by atoms with Crippen LogP contribution in [0.1, 0.15) is 23.2 Å². The van der Waals surface area contributed by atoms with Crippen LogP contribution in [-0.4, -0.2) is 61.0 Å². The van der Waals surface area contributed by atoms with E-state index < -0.39 is 0 Å². The van der Waals surface area contributed by atoms with E-state index in [1.165, 1.54) is 12.5 Å². The molecule has 0 saturated carbocycles. The third-order valence-electron chi connectivity index (χ3n) is 4.47. The topological polar surface area (TPSA) is 124 Å². The molecule has 3 rings (SSSR count). The van der Waals surface area contributed by atoms with Crippen molar-refractivity contribution in [2.24, 2.45) is 4.99 Å². The molecule has 8 nitrogen and oxygen atoms in total. The fourth-order valence-electron chi connectivity index (χ4n) is 2.97. The van der Waals surface area contributed by atoms with Gasteiger partial charge in [0, 0.05) is 55.8 Å². The second-order valence-electron chi connectivity index (χ2n) is 6.12. The summed E-state index contributed by atoms with van der Waals surface area (Å²) in [6.07, 6.45) is 3.22. The third kappa shape index (κ3) is 4.17. The average Bonchev–Trinajstić information content (AvgIpc) is 2.73. The Bertz CT molecular complexity index is 872. The Morgan fingerprint density at radius 3 is 2.78 bits per heavy atom. The maximum absolute atomic E-state index is 8.62. The fraction of sp³-hybridized carbons (Fsp3) is 0.316. The van der Waals surface area contributed by atoms with Crippen LogP contribution in [-0.2, 0) is 4.74 Å². The van der Waals surface area contributed by atoms with Gasteiger partial charge in [-0.3, -0.25) is 10.4 Å². The number of aliphatic imine (C=N–C) groups is 1. The Morgan fingerprint density at radius 1 is 1.30 bits per heavy atom. The fourth-order valence-corrected chi connectivity index (χ4v) is 2.97. The molecule has 1 aliphatic heterocycles. The lowest BCUT2D eigenvalue weighted by Crippen LogP contribution is -2.36. The van der Waals surface area contributed by atoms with Crippen molar-refractivity contribution in [3.05, 3.63) is 47.4 Å². The minimum Gasteiger partial charge on any atom is -0.398 e. The summed E-state index contributed by atoms with van der Waals surface area (Å²) in [5, 5.41) is 15.9. The Morgan fingerprint density at radius 2 is 2.07 bits per heavy atom. The molecule has 27 heavy (non-hydrogen) atoms. The zero-order chi connectivity index (χ0) is 19.2. The summed E-state index contributed by atoms with van der Waals surface area (Å²) in [5.74, 6) is 0.780. The number of nitrogen functional groups attached to an aromatic ring is 1. The molecular formula is C19H23N7O. The summed E-state index contributed by atoms with van der Waals surface area (Å²) in [5.41, 5.74) is 9.58. The summed E-state index contributed by atoms with van der Waals surface area (Å²) in [6, 6.07) is 7.27. The van der Waals surface area contributed by atoms with E-state index in [-0.39, 0.29) is 5.71 Å². The maximum atomic E-state index is 8.62. The van der Waals surface area contributed by atoms with Crippen molar-refractivity contribution in [2.75, 3.05) is 44.0 Å². The molecule has 1 aromatic carbocycles. The van der Waals surface area contributed by atoms with Crippen molar-refractivity contribution in [1.82, 2.24) is 9.97 Å². The van der Waals surface area contributed by atoms with E-state index in [1.54, 1.807) is 13.1 Å². The van der Waals surface area contributed by atoms with Gasteiger partial charge in [0.15, 0.2) is 0 Å². The highest BCUT2D eigenvalue weighted by Crippen LogP contribution is 2.21. The van der Waals surface area contributed by atoms with Crippen LogP contribution in [0.5, 0.6) is 0 Å². The van der Waals surface area contributed by atoms with Gasteiger partial charge in [-0.25, -0.2) is 9.97 Å². The molecule has 0 bridgehead atoms. The summed E-state index contributed by atoms with van der Waals surface area (Å²) in [7, 11) is 1.69. The molecule has 1 fully saturated rings. The highest BCUT2D eigenvalue weighted by atomic mass is 16.5. The molecule has 2 heterocycles. The Balaban J connectivity index is 1.92. The van der Waals surface area contributed by atoms with Crippen molar-refractivity contribution in [1.29, 1.82) is 10.8 Å².